The fourth-order valence-corrected chi connectivity index (χ4v) is 2.88. The third kappa shape index (κ3) is 8.31. The summed E-state index contributed by atoms with van der Waals surface area (Å²) >= 11 is 5.37. The van der Waals surface area contributed by atoms with E-state index in [1.807, 2.05) is 12.1 Å². The molecular formula is C19H31N3O2S. The van der Waals surface area contributed by atoms with Crippen LogP contribution in [0.15, 0.2) is 24.3 Å². The number of nitrogens with one attached hydrogen (secondary N) is 2. The molecule has 0 radical (unpaired) electrons. The molecule has 0 fully saturated rings. The standard InChI is InChI=1S/C19H31N3O2S/c1-5-22(6-2)13-9-10-15(4)20-19(25)21-17-12-8-11-16(14-17)18(23)24-7-3/h8,11-12,14-15H,5-7,9-10,13H2,1-4H3,(H2,20,21,25). The van der Waals surface area contributed by atoms with Gasteiger partial charge in [-0.25, -0.2) is 4.79 Å². The minimum atomic E-state index is -0.324. The van der Waals surface area contributed by atoms with Crippen LogP contribution in [0.5, 0.6) is 0 Å². The summed E-state index contributed by atoms with van der Waals surface area (Å²) in [5, 5.41) is 7.00. The predicted molar refractivity (Wildman–Crippen MR) is 108 cm³/mol. The topological polar surface area (TPSA) is 53.6 Å². The number of hydrogen-bond acceptors (Lipinski definition) is 4. The maximum Gasteiger partial charge on any atom is 0.338 e. The van der Waals surface area contributed by atoms with Crippen LogP contribution in [0.4, 0.5) is 5.69 Å². The van der Waals surface area contributed by atoms with Crippen molar-refractivity contribution in [3.8, 4) is 0 Å². The average Bonchev–Trinajstić information content (AvgIpc) is 2.59. The largest absolute Gasteiger partial charge is 0.462 e. The van der Waals surface area contributed by atoms with Gasteiger partial charge in [0.1, 0.15) is 0 Å². The monoisotopic (exact) mass is 365 g/mol. The maximum atomic E-state index is 11.8. The van der Waals surface area contributed by atoms with Gasteiger partial charge in [-0.1, -0.05) is 19.9 Å². The van der Waals surface area contributed by atoms with Crippen molar-refractivity contribution in [1.82, 2.24) is 10.2 Å². The van der Waals surface area contributed by atoms with E-state index in [-0.39, 0.29) is 5.97 Å². The van der Waals surface area contributed by atoms with Crippen LogP contribution in [0.1, 0.15) is 50.9 Å². The minimum Gasteiger partial charge on any atom is -0.462 e. The summed E-state index contributed by atoms with van der Waals surface area (Å²) in [7, 11) is 0. The zero-order chi connectivity index (χ0) is 18.7. The molecule has 0 saturated heterocycles. The van der Waals surface area contributed by atoms with E-state index in [9.17, 15) is 4.79 Å². The van der Waals surface area contributed by atoms with Gasteiger partial charge in [0.2, 0.25) is 0 Å². The van der Waals surface area contributed by atoms with Crippen LogP contribution in [0.2, 0.25) is 0 Å². The molecule has 6 heteroatoms. The van der Waals surface area contributed by atoms with E-state index < -0.39 is 0 Å². The van der Waals surface area contributed by atoms with Gasteiger partial charge in [-0.05, 0) is 76.7 Å². The smallest absolute Gasteiger partial charge is 0.338 e. The Bertz CT molecular complexity index is 547. The Kier molecular flexibility index (Phi) is 10.1. The number of carbonyl (C=O) groups is 1. The van der Waals surface area contributed by atoms with Crippen molar-refractivity contribution in [2.75, 3.05) is 31.6 Å². The number of benzene rings is 1. The minimum absolute atomic E-state index is 0.295. The molecule has 1 aromatic carbocycles. The summed E-state index contributed by atoms with van der Waals surface area (Å²) in [5.41, 5.74) is 1.29. The van der Waals surface area contributed by atoms with Crippen molar-refractivity contribution in [2.24, 2.45) is 0 Å². The molecule has 2 N–H and O–H groups in total. The zero-order valence-corrected chi connectivity index (χ0v) is 16.6. The van der Waals surface area contributed by atoms with Crippen LogP contribution >= 0.6 is 12.2 Å². The second kappa shape index (κ2) is 11.8. The molecule has 25 heavy (non-hydrogen) atoms. The maximum absolute atomic E-state index is 11.8. The Labute approximate surface area is 157 Å². The second-order valence-corrected chi connectivity index (χ2v) is 6.38. The fraction of sp³-hybridized carbons (Fsp3) is 0.579. The molecule has 1 aromatic rings. The van der Waals surface area contributed by atoms with Crippen LogP contribution < -0.4 is 10.6 Å². The van der Waals surface area contributed by atoms with E-state index >= 15 is 0 Å². The number of nitrogens with zero attached hydrogens (tertiary/aromatic N) is 1. The lowest BCUT2D eigenvalue weighted by Crippen LogP contribution is -2.36. The molecule has 1 unspecified atom stereocenters. The zero-order valence-electron chi connectivity index (χ0n) is 15.8. The second-order valence-electron chi connectivity index (χ2n) is 5.97. The van der Waals surface area contributed by atoms with Crippen molar-refractivity contribution in [2.45, 2.75) is 46.6 Å². The Morgan fingerprint density at radius 3 is 2.64 bits per heavy atom. The lowest BCUT2D eigenvalue weighted by Gasteiger charge is -2.20. The van der Waals surface area contributed by atoms with Crippen molar-refractivity contribution >= 4 is 29.0 Å². The molecule has 0 aliphatic rings. The Morgan fingerprint density at radius 2 is 2.00 bits per heavy atom. The highest BCUT2D eigenvalue weighted by Crippen LogP contribution is 2.12. The van der Waals surface area contributed by atoms with Gasteiger partial charge in [-0.2, -0.15) is 0 Å². The number of anilines is 1. The Morgan fingerprint density at radius 1 is 1.28 bits per heavy atom. The van der Waals surface area contributed by atoms with E-state index in [2.05, 4.69) is 36.3 Å². The molecular weight excluding hydrogens is 334 g/mol. The molecule has 0 spiro atoms. The average molecular weight is 366 g/mol. The number of carbonyl (C=O) groups excluding carboxylic acids is 1. The molecule has 0 aliphatic carbocycles. The van der Waals surface area contributed by atoms with E-state index in [1.165, 1.54) is 0 Å². The first-order valence-corrected chi connectivity index (χ1v) is 9.47. The molecule has 5 nitrogen and oxygen atoms in total. The molecule has 0 bridgehead atoms. The third-order valence-electron chi connectivity index (χ3n) is 4.01. The molecule has 0 aromatic heterocycles. The lowest BCUT2D eigenvalue weighted by atomic mass is 10.2. The van der Waals surface area contributed by atoms with Crippen molar-refractivity contribution in [3.63, 3.8) is 0 Å². The summed E-state index contributed by atoms with van der Waals surface area (Å²) in [6.07, 6.45) is 2.19. The number of thiocarbonyl (C=S) groups is 1. The molecule has 0 aliphatic heterocycles. The summed E-state index contributed by atoms with van der Waals surface area (Å²) in [4.78, 5) is 14.2. The molecule has 1 atom stereocenters. The van der Waals surface area contributed by atoms with Crippen molar-refractivity contribution in [3.05, 3.63) is 29.8 Å². The molecule has 0 heterocycles. The van der Waals surface area contributed by atoms with Crippen LogP contribution in [0, 0.1) is 0 Å². The number of esters is 1. The van der Waals surface area contributed by atoms with Crippen LogP contribution in [-0.4, -0.2) is 48.3 Å². The first-order chi connectivity index (χ1) is 12.0. The molecule has 1 rings (SSSR count). The molecule has 0 saturated carbocycles. The number of ether oxygens (including phenoxy) is 1. The van der Waals surface area contributed by atoms with Gasteiger partial charge in [-0.3, -0.25) is 0 Å². The number of rotatable bonds is 10. The predicted octanol–water partition coefficient (Wildman–Crippen LogP) is 3.66. The quantitative estimate of drug-likeness (QED) is 0.487. The highest BCUT2D eigenvalue weighted by molar-refractivity contribution is 7.80. The van der Waals surface area contributed by atoms with Gasteiger partial charge < -0.3 is 20.3 Å². The lowest BCUT2D eigenvalue weighted by molar-refractivity contribution is 0.0526. The Hall–Kier alpha value is -1.66. The van der Waals surface area contributed by atoms with E-state index in [1.54, 1.807) is 19.1 Å². The van der Waals surface area contributed by atoms with Gasteiger partial charge in [0.05, 0.1) is 12.2 Å². The van der Waals surface area contributed by atoms with Crippen LogP contribution in [0.3, 0.4) is 0 Å². The van der Waals surface area contributed by atoms with Gasteiger partial charge in [0, 0.05) is 11.7 Å². The van der Waals surface area contributed by atoms with Crippen molar-refractivity contribution in [1.29, 1.82) is 0 Å². The fourth-order valence-electron chi connectivity index (χ4n) is 2.56. The summed E-state index contributed by atoms with van der Waals surface area (Å²) in [6.45, 7) is 12.0. The Balaban J connectivity index is 2.43. The van der Waals surface area contributed by atoms with E-state index in [0.29, 0.717) is 23.3 Å². The first kappa shape index (κ1) is 21.4. The summed E-state index contributed by atoms with van der Waals surface area (Å²) in [6, 6.07) is 7.46. The van der Waals surface area contributed by atoms with Crippen LogP contribution in [0.25, 0.3) is 0 Å². The molecule has 0 amide bonds. The highest BCUT2D eigenvalue weighted by Gasteiger charge is 2.09. The first-order valence-electron chi connectivity index (χ1n) is 9.07. The number of hydrogen-bond donors (Lipinski definition) is 2. The van der Waals surface area contributed by atoms with Gasteiger partial charge in [-0.15, -0.1) is 0 Å². The normalized spacial score (nSPS) is 11.9. The third-order valence-corrected chi connectivity index (χ3v) is 4.23. The van der Waals surface area contributed by atoms with Gasteiger partial charge in [0.15, 0.2) is 5.11 Å². The van der Waals surface area contributed by atoms with Crippen LogP contribution in [-0.2, 0) is 4.74 Å². The summed E-state index contributed by atoms with van der Waals surface area (Å²) in [5.74, 6) is -0.324. The highest BCUT2D eigenvalue weighted by atomic mass is 32.1. The van der Waals surface area contributed by atoms with E-state index in [0.717, 1.165) is 38.2 Å². The molecule has 140 valence electrons. The van der Waals surface area contributed by atoms with Gasteiger partial charge >= 0.3 is 5.97 Å². The SMILES string of the molecule is CCOC(=O)c1cccc(NC(=S)NC(C)CCCN(CC)CC)c1. The van der Waals surface area contributed by atoms with Crippen molar-refractivity contribution < 1.29 is 9.53 Å². The van der Waals surface area contributed by atoms with E-state index in [4.69, 9.17) is 17.0 Å². The summed E-state index contributed by atoms with van der Waals surface area (Å²) < 4.78 is 5.02. The van der Waals surface area contributed by atoms with Gasteiger partial charge in [0.25, 0.3) is 0 Å².